The van der Waals surface area contributed by atoms with Crippen LogP contribution >= 0.6 is 0 Å². The zero-order valence-electron chi connectivity index (χ0n) is 13.1. The Hall–Kier alpha value is -2.50. The minimum atomic E-state index is -0.800. The van der Waals surface area contributed by atoms with E-state index in [1.54, 1.807) is 4.90 Å². The van der Waals surface area contributed by atoms with Crippen molar-refractivity contribution in [1.29, 1.82) is 5.26 Å². The average Bonchev–Trinajstić information content (AvgIpc) is 2.58. The van der Waals surface area contributed by atoms with Crippen molar-refractivity contribution in [1.82, 2.24) is 9.80 Å². The SMILES string of the molecule is N#C/C(=C/Nc1ccc(F)cc1F)C(=O)N1CCN(CCN)CC1. The maximum Gasteiger partial charge on any atom is 0.266 e. The van der Waals surface area contributed by atoms with Crippen molar-refractivity contribution in [2.45, 2.75) is 0 Å². The maximum absolute atomic E-state index is 13.6. The molecule has 1 heterocycles. The van der Waals surface area contributed by atoms with Gasteiger partial charge < -0.3 is 16.0 Å². The molecule has 0 bridgehead atoms. The van der Waals surface area contributed by atoms with Crippen LogP contribution < -0.4 is 11.1 Å². The van der Waals surface area contributed by atoms with Crippen LogP contribution in [0.3, 0.4) is 0 Å². The van der Waals surface area contributed by atoms with Crippen LogP contribution in [0.2, 0.25) is 0 Å². The average molecular weight is 335 g/mol. The molecule has 1 amide bonds. The number of nitriles is 1. The van der Waals surface area contributed by atoms with Gasteiger partial charge in [-0.2, -0.15) is 5.26 Å². The number of benzene rings is 1. The molecule has 0 aromatic heterocycles. The summed E-state index contributed by atoms with van der Waals surface area (Å²) in [7, 11) is 0. The molecule has 0 spiro atoms. The number of carbonyl (C=O) groups excluding carboxylic acids is 1. The Morgan fingerprint density at radius 1 is 1.33 bits per heavy atom. The van der Waals surface area contributed by atoms with Gasteiger partial charge in [0.2, 0.25) is 0 Å². The quantitative estimate of drug-likeness (QED) is 0.616. The highest BCUT2D eigenvalue weighted by Crippen LogP contribution is 2.15. The Morgan fingerprint density at radius 2 is 2.04 bits per heavy atom. The number of nitrogens with one attached hydrogen (secondary N) is 1. The lowest BCUT2D eigenvalue weighted by atomic mass is 10.2. The van der Waals surface area contributed by atoms with E-state index in [2.05, 4.69) is 10.2 Å². The fourth-order valence-electron chi connectivity index (χ4n) is 2.43. The predicted octanol–water partition coefficient (Wildman–Crippen LogP) is 0.887. The van der Waals surface area contributed by atoms with E-state index in [1.165, 1.54) is 6.07 Å². The first kappa shape index (κ1) is 17.8. The summed E-state index contributed by atoms with van der Waals surface area (Å²) >= 11 is 0. The third-order valence-corrected chi connectivity index (χ3v) is 3.76. The van der Waals surface area contributed by atoms with Crippen LogP contribution in [0.15, 0.2) is 30.0 Å². The van der Waals surface area contributed by atoms with Crippen molar-refractivity contribution in [2.75, 3.05) is 44.6 Å². The number of carbonyl (C=O) groups is 1. The van der Waals surface area contributed by atoms with Crippen molar-refractivity contribution in [2.24, 2.45) is 5.73 Å². The molecule has 0 saturated carbocycles. The molecular formula is C16H19F2N5O. The molecule has 3 N–H and O–H groups in total. The van der Waals surface area contributed by atoms with Gasteiger partial charge in [0, 0.05) is 51.5 Å². The molecule has 1 fully saturated rings. The van der Waals surface area contributed by atoms with Crippen LogP contribution in [0.1, 0.15) is 0 Å². The lowest BCUT2D eigenvalue weighted by Crippen LogP contribution is -2.50. The van der Waals surface area contributed by atoms with Crippen LogP contribution in [0.5, 0.6) is 0 Å². The van der Waals surface area contributed by atoms with Gasteiger partial charge in [-0.05, 0) is 12.1 Å². The normalized spacial score (nSPS) is 15.9. The zero-order chi connectivity index (χ0) is 17.5. The number of amides is 1. The summed E-state index contributed by atoms with van der Waals surface area (Å²) in [6.07, 6.45) is 1.14. The van der Waals surface area contributed by atoms with Crippen molar-refractivity contribution >= 4 is 11.6 Å². The molecule has 1 aliphatic rings. The highest BCUT2D eigenvalue weighted by atomic mass is 19.1. The topological polar surface area (TPSA) is 85.4 Å². The lowest BCUT2D eigenvalue weighted by Gasteiger charge is -2.34. The molecule has 1 aliphatic heterocycles. The highest BCUT2D eigenvalue weighted by molar-refractivity contribution is 5.97. The van der Waals surface area contributed by atoms with Gasteiger partial charge in [0.05, 0.1) is 5.69 Å². The van der Waals surface area contributed by atoms with Gasteiger partial charge in [-0.25, -0.2) is 8.78 Å². The van der Waals surface area contributed by atoms with Gasteiger partial charge in [-0.1, -0.05) is 0 Å². The first-order valence-corrected chi connectivity index (χ1v) is 7.58. The Kier molecular flexibility index (Phi) is 6.23. The molecule has 128 valence electrons. The molecule has 8 heteroatoms. The molecule has 1 aromatic rings. The molecule has 0 aliphatic carbocycles. The molecule has 0 atom stereocenters. The maximum atomic E-state index is 13.6. The van der Waals surface area contributed by atoms with E-state index >= 15 is 0 Å². The van der Waals surface area contributed by atoms with E-state index < -0.39 is 17.5 Å². The van der Waals surface area contributed by atoms with Crippen LogP contribution in [0.4, 0.5) is 14.5 Å². The van der Waals surface area contributed by atoms with Crippen LogP contribution in [0, 0.1) is 23.0 Å². The Morgan fingerprint density at radius 3 is 2.62 bits per heavy atom. The summed E-state index contributed by atoms with van der Waals surface area (Å²) in [5.41, 5.74) is 5.36. The molecule has 6 nitrogen and oxygen atoms in total. The number of nitrogens with zero attached hydrogens (tertiary/aromatic N) is 3. The fraction of sp³-hybridized carbons (Fsp3) is 0.375. The van der Waals surface area contributed by atoms with Gasteiger partial charge >= 0.3 is 0 Å². The molecule has 1 aromatic carbocycles. The van der Waals surface area contributed by atoms with Crippen molar-refractivity contribution in [3.05, 3.63) is 41.6 Å². The molecule has 0 radical (unpaired) electrons. The number of nitrogens with two attached hydrogens (primary N) is 1. The summed E-state index contributed by atoms with van der Waals surface area (Å²) in [6, 6.07) is 4.82. The van der Waals surface area contributed by atoms with Gasteiger partial charge in [-0.15, -0.1) is 0 Å². The third kappa shape index (κ3) is 4.50. The summed E-state index contributed by atoms with van der Waals surface area (Å²) in [5.74, 6) is -1.92. The second-order valence-electron chi connectivity index (χ2n) is 5.36. The Labute approximate surface area is 139 Å². The molecule has 2 rings (SSSR count). The fourth-order valence-corrected chi connectivity index (χ4v) is 2.43. The number of halogens is 2. The summed E-state index contributed by atoms with van der Waals surface area (Å²) in [6.45, 7) is 3.73. The van der Waals surface area contributed by atoms with E-state index in [4.69, 9.17) is 11.0 Å². The molecule has 0 unspecified atom stereocenters. The number of hydrogen-bond donors (Lipinski definition) is 2. The third-order valence-electron chi connectivity index (χ3n) is 3.76. The van der Waals surface area contributed by atoms with E-state index in [1.807, 2.05) is 6.07 Å². The number of piperazine rings is 1. The minimum absolute atomic E-state index is 0.00952. The summed E-state index contributed by atoms with van der Waals surface area (Å²) in [4.78, 5) is 16.1. The van der Waals surface area contributed by atoms with Gasteiger partial charge in [0.25, 0.3) is 5.91 Å². The predicted molar refractivity (Wildman–Crippen MR) is 85.8 cm³/mol. The highest BCUT2D eigenvalue weighted by Gasteiger charge is 2.23. The second kappa shape index (κ2) is 8.38. The summed E-state index contributed by atoms with van der Waals surface area (Å²) in [5, 5.41) is 11.7. The van der Waals surface area contributed by atoms with Gasteiger partial charge in [0.15, 0.2) is 0 Å². The summed E-state index contributed by atoms with van der Waals surface area (Å²) < 4.78 is 26.4. The zero-order valence-corrected chi connectivity index (χ0v) is 13.1. The monoisotopic (exact) mass is 335 g/mol. The lowest BCUT2D eigenvalue weighted by molar-refractivity contribution is -0.128. The van der Waals surface area contributed by atoms with E-state index in [0.717, 1.165) is 24.9 Å². The minimum Gasteiger partial charge on any atom is -0.358 e. The largest absolute Gasteiger partial charge is 0.358 e. The molecule has 24 heavy (non-hydrogen) atoms. The standard InChI is InChI=1S/C16H19F2N5O/c17-13-1-2-15(14(18)9-13)21-11-12(10-20)16(24)23-7-5-22(4-3-19)6-8-23/h1-2,9,11,21H,3-8,19H2/b12-11-. The Balaban J connectivity index is 2.00. The second-order valence-corrected chi connectivity index (χ2v) is 5.36. The van der Waals surface area contributed by atoms with Gasteiger partial charge in [-0.3, -0.25) is 9.69 Å². The number of anilines is 1. The molecular weight excluding hydrogens is 316 g/mol. The van der Waals surface area contributed by atoms with Crippen molar-refractivity contribution in [3.8, 4) is 6.07 Å². The van der Waals surface area contributed by atoms with Crippen molar-refractivity contribution < 1.29 is 13.6 Å². The van der Waals surface area contributed by atoms with Crippen molar-refractivity contribution in [3.63, 3.8) is 0 Å². The van der Waals surface area contributed by atoms with Crippen LogP contribution in [0.25, 0.3) is 0 Å². The molecule has 1 saturated heterocycles. The van der Waals surface area contributed by atoms with Gasteiger partial charge in [0.1, 0.15) is 23.3 Å². The number of hydrogen-bond acceptors (Lipinski definition) is 5. The van der Waals surface area contributed by atoms with Crippen LogP contribution in [-0.2, 0) is 4.79 Å². The van der Waals surface area contributed by atoms with E-state index in [-0.39, 0.29) is 11.3 Å². The number of rotatable bonds is 5. The smallest absolute Gasteiger partial charge is 0.266 e. The van der Waals surface area contributed by atoms with E-state index in [0.29, 0.717) is 32.7 Å². The van der Waals surface area contributed by atoms with Crippen LogP contribution in [-0.4, -0.2) is 55.0 Å². The first-order valence-electron chi connectivity index (χ1n) is 7.58. The van der Waals surface area contributed by atoms with E-state index in [9.17, 15) is 13.6 Å². The Bertz CT molecular complexity index is 663. The first-order chi connectivity index (χ1) is 11.5.